The van der Waals surface area contributed by atoms with Crippen LogP contribution in [0.25, 0.3) is 0 Å². The minimum atomic E-state index is -1.04. The number of carbonyl (C=O) groups excluding carboxylic acids is 1. The molecule has 0 aromatic rings. The second kappa shape index (κ2) is 12.5. The lowest BCUT2D eigenvalue weighted by Crippen LogP contribution is -2.42. The molecule has 1 amide bonds. The number of carboxylic acids is 1. The van der Waals surface area contributed by atoms with Gasteiger partial charge in [-0.15, -0.1) is 0 Å². The number of nitrogens with zero attached hydrogens (tertiary/aromatic N) is 1. The van der Waals surface area contributed by atoms with Gasteiger partial charge >= 0.3 is 5.97 Å². The molecule has 1 aliphatic rings. The molecule has 1 heterocycles. The minimum Gasteiger partial charge on any atom is -0.480 e. The van der Waals surface area contributed by atoms with Crippen LogP contribution in [0.4, 0.5) is 0 Å². The van der Waals surface area contributed by atoms with Gasteiger partial charge in [0.05, 0.1) is 25.3 Å². The van der Waals surface area contributed by atoms with Crippen LogP contribution in [0.15, 0.2) is 12.2 Å². The van der Waals surface area contributed by atoms with Gasteiger partial charge in [-0.2, -0.15) is 0 Å². The lowest BCUT2D eigenvalue weighted by Gasteiger charge is -2.32. The summed E-state index contributed by atoms with van der Waals surface area (Å²) < 4.78 is 10.1. The monoisotopic (exact) mass is 353 g/mol. The number of aliphatic hydroxyl groups excluding tert-OH is 1. The Morgan fingerprint density at radius 3 is 2.96 bits per heavy atom. The molecular formula is C18H27NO6. The van der Waals surface area contributed by atoms with Crippen molar-refractivity contribution in [1.82, 2.24) is 4.90 Å². The third-order valence-corrected chi connectivity index (χ3v) is 3.58. The van der Waals surface area contributed by atoms with Crippen LogP contribution in [0.3, 0.4) is 0 Å². The predicted molar refractivity (Wildman–Crippen MR) is 91.8 cm³/mol. The van der Waals surface area contributed by atoms with Gasteiger partial charge in [0, 0.05) is 13.0 Å². The summed E-state index contributed by atoms with van der Waals surface area (Å²) in [4.78, 5) is 24.1. The first-order chi connectivity index (χ1) is 12.0. The molecule has 0 radical (unpaired) electrons. The van der Waals surface area contributed by atoms with Gasteiger partial charge in [-0.05, 0) is 19.3 Å². The van der Waals surface area contributed by atoms with Crippen molar-refractivity contribution in [3.63, 3.8) is 0 Å². The predicted octanol–water partition coefficient (Wildman–Crippen LogP) is 0.816. The quantitative estimate of drug-likeness (QED) is 0.343. The summed E-state index contributed by atoms with van der Waals surface area (Å²) in [6.45, 7) is 2.74. The molecule has 140 valence electrons. The van der Waals surface area contributed by atoms with Gasteiger partial charge in [-0.1, -0.05) is 30.9 Å². The summed E-state index contributed by atoms with van der Waals surface area (Å²) in [6, 6.07) is -0.101. The molecule has 7 nitrogen and oxygen atoms in total. The Bertz CT molecular complexity index is 507. The lowest BCUT2D eigenvalue weighted by atomic mass is 10.0. The molecule has 0 spiro atoms. The molecule has 0 bridgehead atoms. The van der Waals surface area contributed by atoms with Crippen LogP contribution < -0.4 is 0 Å². The number of carboxylic acid groups (broad SMARTS) is 1. The van der Waals surface area contributed by atoms with E-state index in [9.17, 15) is 14.7 Å². The lowest BCUT2D eigenvalue weighted by molar-refractivity contribution is -0.141. The number of aliphatic carboxylic acids is 1. The molecule has 0 aliphatic carbocycles. The highest BCUT2D eigenvalue weighted by Gasteiger charge is 2.25. The van der Waals surface area contributed by atoms with Crippen LogP contribution >= 0.6 is 0 Å². The summed E-state index contributed by atoms with van der Waals surface area (Å²) >= 11 is 0. The third-order valence-electron chi connectivity index (χ3n) is 3.58. The smallest absolute Gasteiger partial charge is 0.329 e. The Balaban J connectivity index is 2.48. The number of likely N-dealkylation sites (tertiary alicyclic amines) is 1. The van der Waals surface area contributed by atoms with Crippen molar-refractivity contribution in [3.05, 3.63) is 12.2 Å². The molecule has 0 aromatic heterocycles. The molecule has 1 fully saturated rings. The highest BCUT2D eigenvalue weighted by atomic mass is 16.5. The third kappa shape index (κ3) is 9.25. The number of ether oxygens (including phenoxy) is 2. The summed E-state index contributed by atoms with van der Waals surface area (Å²) in [5.41, 5.74) is 0. The maximum absolute atomic E-state index is 12.1. The van der Waals surface area contributed by atoms with E-state index < -0.39 is 12.1 Å². The number of rotatable bonds is 10. The van der Waals surface area contributed by atoms with Crippen molar-refractivity contribution < 1.29 is 29.3 Å². The number of hydrogen-bond acceptors (Lipinski definition) is 5. The van der Waals surface area contributed by atoms with Crippen molar-refractivity contribution in [2.45, 2.75) is 44.8 Å². The van der Waals surface area contributed by atoms with Crippen molar-refractivity contribution in [1.29, 1.82) is 0 Å². The zero-order chi connectivity index (χ0) is 18.5. The molecular weight excluding hydrogens is 326 g/mol. The molecule has 25 heavy (non-hydrogen) atoms. The van der Waals surface area contributed by atoms with Crippen molar-refractivity contribution in [2.75, 3.05) is 33.0 Å². The summed E-state index contributed by atoms with van der Waals surface area (Å²) in [5.74, 6) is 4.52. The molecule has 7 heteroatoms. The largest absolute Gasteiger partial charge is 0.480 e. The summed E-state index contributed by atoms with van der Waals surface area (Å²) in [7, 11) is 0. The second-order valence-corrected chi connectivity index (χ2v) is 5.75. The average molecular weight is 353 g/mol. The van der Waals surface area contributed by atoms with E-state index in [1.165, 1.54) is 0 Å². The van der Waals surface area contributed by atoms with E-state index in [0.717, 1.165) is 19.3 Å². The van der Waals surface area contributed by atoms with Crippen LogP contribution in [0.1, 0.15) is 32.6 Å². The Morgan fingerprint density at radius 2 is 2.24 bits per heavy atom. The van der Waals surface area contributed by atoms with Gasteiger partial charge in [0.15, 0.2) is 0 Å². The molecule has 1 unspecified atom stereocenters. The molecule has 2 N–H and O–H groups in total. The zero-order valence-electron chi connectivity index (χ0n) is 14.6. The number of carbonyl (C=O) groups is 2. The van der Waals surface area contributed by atoms with E-state index in [1.54, 1.807) is 11.0 Å². The van der Waals surface area contributed by atoms with E-state index in [4.69, 9.17) is 14.6 Å². The first kappa shape index (κ1) is 21.2. The normalized spacial score (nSPS) is 18.9. The van der Waals surface area contributed by atoms with Crippen molar-refractivity contribution >= 4 is 11.9 Å². The second-order valence-electron chi connectivity index (χ2n) is 5.75. The minimum absolute atomic E-state index is 0.0162. The summed E-state index contributed by atoms with van der Waals surface area (Å²) in [5, 5.41) is 18.3. The highest BCUT2D eigenvalue weighted by molar-refractivity contribution is 5.77. The molecule has 1 rings (SSSR count). The van der Waals surface area contributed by atoms with E-state index in [0.29, 0.717) is 13.0 Å². The fraction of sp³-hybridized carbons (Fsp3) is 0.667. The average Bonchev–Trinajstić information content (AvgIpc) is 2.57. The maximum Gasteiger partial charge on any atom is 0.329 e. The SMILES string of the molecule is CCCOCC(O)/C=C/[C@H]1CCCC(=O)N1CC#CCOCC(=O)O. The molecule has 0 aromatic carbocycles. The van der Waals surface area contributed by atoms with Crippen LogP contribution in [-0.2, 0) is 19.1 Å². The standard InChI is InChI=1S/C18H27NO6/c1-2-11-24-13-16(20)9-8-15-6-5-7-17(21)19(15)10-3-4-12-25-14-18(22)23/h8-9,15-16,20H,2,5-7,10-14H2,1H3,(H,22,23)/b9-8+/t15-,16?/m1/s1. The maximum atomic E-state index is 12.1. The van der Waals surface area contributed by atoms with Gasteiger partial charge in [-0.25, -0.2) is 4.79 Å². The van der Waals surface area contributed by atoms with Crippen LogP contribution in [-0.4, -0.2) is 72.1 Å². The Labute approximate surface area is 148 Å². The zero-order valence-corrected chi connectivity index (χ0v) is 14.6. The summed E-state index contributed by atoms with van der Waals surface area (Å²) in [6.07, 6.45) is 5.82. The van der Waals surface area contributed by atoms with Gasteiger partial charge < -0.3 is 24.6 Å². The molecule has 0 saturated carbocycles. The number of amides is 1. The van der Waals surface area contributed by atoms with Gasteiger partial charge in [0.25, 0.3) is 0 Å². The molecule has 1 saturated heterocycles. The van der Waals surface area contributed by atoms with E-state index >= 15 is 0 Å². The molecule has 1 aliphatic heterocycles. The van der Waals surface area contributed by atoms with Gasteiger partial charge in [-0.3, -0.25) is 4.79 Å². The van der Waals surface area contributed by atoms with Gasteiger partial charge in [0.2, 0.25) is 5.91 Å². The van der Waals surface area contributed by atoms with Crippen LogP contribution in [0, 0.1) is 11.8 Å². The Morgan fingerprint density at radius 1 is 1.44 bits per heavy atom. The fourth-order valence-electron chi connectivity index (χ4n) is 2.39. The van der Waals surface area contributed by atoms with Crippen LogP contribution in [0.2, 0.25) is 0 Å². The van der Waals surface area contributed by atoms with E-state index in [-0.39, 0.29) is 38.3 Å². The molecule has 2 atom stereocenters. The topological polar surface area (TPSA) is 96.3 Å². The highest BCUT2D eigenvalue weighted by Crippen LogP contribution is 2.19. The Hall–Kier alpha value is -1.88. The Kier molecular flexibility index (Phi) is 10.6. The van der Waals surface area contributed by atoms with E-state index in [1.807, 2.05) is 13.0 Å². The van der Waals surface area contributed by atoms with Gasteiger partial charge in [0.1, 0.15) is 13.2 Å². The first-order valence-electron chi connectivity index (χ1n) is 8.53. The number of hydrogen-bond donors (Lipinski definition) is 2. The number of piperidine rings is 1. The fourth-order valence-corrected chi connectivity index (χ4v) is 2.39. The first-order valence-corrected chi connectivity index (χ1v) is 8.53. The van der Waals surface area contributed by atoms with Crippen molar-refractivity contribution in [3.8, 4) is 11.8 Å². The van der Waals surface area contributed by atoms with Crippen LogP contribution in [0.5, 0.6) is 0 Å². The number of aliphatic hydroxyl groups is 1. The van der Waals surface area contributed by atoms with Crippen molar-refractivity contribution in [2.24, 2.45) is 0 Å². The van der Waals surface area contributed by atoms with E-state index in [2.05, 4.69) is 11.8 Å².